The zero-order valence-corrected chi connectivity index (χ0v) is 19.1. The van der Waals surface area contributed by atoms with Crippen LogP contribution in [-0.4, -0.2) is 48.0 Å². The lowest BCUT2D eigenvalue weighted by Gasteiger charge is -2.38. The Morgan fingerprint density at radius 3 is 2.69 bits per heavy atom. The van der Waals surface area contributed by atoms with Gasteiger partial charge < -0.3 is 24.4 Å². The summed E-state index contributed by atoms with van der Waals surface area (Å²) in [4.78, 5) is 24.9. The first-order valence-corrected chi connectivity index (χ1v) is 11.2. The molecule has 0 saturated carbocycles. The van der Waals surface area contributed by atoms with Gasteiger partial charge in [0.1, 0.15) is 0 Å². The quantitative estimate of drug-likeness (QED) is 0.787. The summed E-state index contributed by atoms with van der Waals surface area (Å²) in [6.45, 7) is 10.3. The monoisotopic (exact) mass is 438 g/mol. The van der Waals surface area contributed by atoms with Crippen LogP contribution in [0.15, 0.2) is 24.4 Å². The Hall–Kier alpha value is -2.87. The summed E-state index contributed by atoms with van der Waals surface area (Å²) in [6.07, 6.45) is 3.85. The molecule has 3 aliphatic rings. The summed E-state index contributed by atoms with van der Waals surface area (Å²) in [6, 6.07) is 5.11. The Labute approximate surface area is 188 Å². The van der Waals surface area contributed by atoms with Crippen molar-refractivity contribution < 1.29 is 19.0 Å². The normalized spacial score (nSPS) is 25.9. The third-order valence-corrected chi connectivity index (χ3v) is 6.31. The molecule has 8 heteroatoms. The predicted octanol–water partition coefficient (Wildman–Crippen LogP) is 3.26. The van der Waals surface area contributed by atoms with Gasteiger partial charge in [0.2, 0.25) is 12.7 Å². The number of carbonyl (C=O) groups excluding carboxylic acids is 1. The second-order valence-electron chi connectivity index (χ2n) is 9.87. The molecule has 0 unspecified atom stereocenters. The molecular formula is C24H30N4O4. The van der Waals surface area contributed by atoms with Crippen molar-refractivity contribution >= 4 is 11.9 Å². The van der Waals surface area contributed by atoms with Crippen molar-refractivity contribution in [3.05, 3.63) is 41.2 Å². The van der Waals surface area contributed by atoms with Crippen LogP contribution in [0.2, 0.25) is 0 Å². The molecule has 0 bridgehead atoms. The number of anilines is 1. The largest absolute Gasteiger partial charge is 0.454 e. The summed E-state index contributed by atoms with van der Waals surface area (Å²) in [5.41, 5.74) is 2.57. The topological polar surface area (TPSA) is 85.8 Å². The van der Waals surface area contributed by atoms with E-state index < -0.39 is 0 Å². The molecule has 0 spiro atoms. The Bertz CT molecular complexity index is 1030. The van der Waals surface area contributed by atoms with E-state index in [1.165, 1.54) is 0 Å². The molecule has 1 aliphatic carbocycles. The minimum Gasteiger partial charge on any atom is -0.454 e. The van der Waals surface area contributed by atoms with E-state index in [-0.39, 0.29) is 36.4 Å². The molecule has 2 aliphatic heterocycles. The van der Waals surface area contributed by atoms with Crippen LogP contribution < -0.4 is 19.7 Å². The average molecular weight is 439 g/mol. The molecule has 8 nitrogen and oxygen atoms in total. The number of morpholine rings is 1. The fraction of sp³-hybridized carbons (Fsp3) is 0.542. The van der Waals surface area contributed by atoms with E-state index in [1.54, 1.807) is 18.2 Å². The molecule has 2 aromatic rings. The van der Waals surface area contributed by atoms with Gasteiger partial charge in [-0.1, -0.05) is 13.8 Å². The highest BCUT2D eigenvalue weighted by atomic mass is 16.7. The van der Waals surface area contributed by atoms with Gasteiger partial charge in [0.25, 0.3) is 5.91 Å². The van der Waals surface area contributed by atoms with Crippen molar-refractivity contribution in [2.24, 2.45) is 5.41 Å². The lowest BCUT2D eigenvalue weighted by atomic mass is 9.74. The lowest BCUT2D eigenvalue weighted by molar-refractivity contribution is -0.00575. The fourth-order valence-electron chi connectivity index (χ4n) is 4.94. The molecule has 1 aromatic carbocycles. The highest BCUT2D eigenvalue weighted by Crippen LogP contribution is 2.40. The van der Waals surface area contributed by atoms with Gasteiger partial charge in [-0.25, -0.2) is 9.97 Å². The number of carbonyl (C=O) groups is 1. The van der Waals surface area contributed by atoms with Gasteiger partial charge in [-0.15, -0.1) is 0 Å². The van der Waals surface area contributed by atoms with Crippen LogP contribution in [0.5, 0.6) is 11.5 Å². The summed E-state index contributed by atoms with van der Waals surface area (Å²) in [5, 5.41) is 3.20. The summed E-state index contributed by atoms with van der Waals surface area (Å²) in [7, 11) is 0. The predicted molar refractivity (Wildman–Crippen MR) is 119 cm³/mol. The van der Waals surface area contributed by atoms with Gasteiger partial charge in [0.15, 0.2) is 11.5 Å². The van der Waals surface area contributed by atoms with Crippen molar-refractivity contribution in [1.82, 2.24) is 15.3 Å². The maximum Gasteiger partial charge on any atom is 0.251 e. The number of amides is 1. The third kappa shape index (κ3) is 4.11. The van der Waals surface area contributed by atoms with Crippen molar-refractivity contribution in [2.75, 3.05) is 24.8 Å². The summed E-state index contributed by atoms with van der Waals surface area (Å²) >= 11 is 0. The first-order chi connectivity index (χ1) is 15.3. The number of rotatable bonds is 3. The molecule has 1 amide bonds. The zero-order valence-electron chi connectivity index (χ0n) is 19.1. The number of fused-ring (bicyclic) bond motifs is 2. The molecule has 3 heterocycles. The minimum absolute atomic E-state index is 0.0110. The number of benzene rings is 1. The highest BCUT2D eigenvalue weighted by Gasteiger charge is 2.35. The summed E-state index contributed by atoms with van der Waals surface area (Å²) in [5.74, 6) is 1.86. The second kappa shape index (κ2) is 7.92. The fourth-order valence-corrected chi connectivity index (χ4v) is 4.94. The molecule has 0 radical (unpaired) electrons. The average Bonchev–Trinajstić information content (AvgIpc) is 3.19. The van der Waals surface area contributed by atoms with E-state index in [1.807, 2.05) is 6.20 Å². The molecule has 1 fully saturated rings. The van der Waals surface area contributed by atoms with Crippen LogP contribution in [-0.2, 0) is 11.2 Å². The maximum atomic E-state index is 13.0. The summed E-state index contributed by atoms with van der Waals surface area (Å²) < 4.78 is 16.6. The molecule has 32 heavy (non-hydrogen) atoms. The first-order valence-electron chi connectivity index (χ1n) is 11.2. The van der Waals surface area contributed by atoms with E-state index >= 15 is 0 Å². The van der Waals surface area contributed by atoms with Crippen molar-refractivity contribution in [2.45, 2.75) is 58.8 Å². The molecule has 1 saturated heterocycles. The number of aromatic nitrogens is 2. The lowest BCUT2D eigenvalue weighted by Crippen LogP contribution is -2.46. The minimum atomic E-state index is -0.150. The molecule has 3 atom stereocenters. The Morgan fingerprint density at radius 1 is 1.16 bits per heavy atom. The zero-order chi connectivity index (χ0) is 22.5. The van der Waals surface area contributed by atoms with Crippen LogP contribution in [0, 0.1) is 5.41 Å². The maximum absolute atomic E-state index is 13.0. The van der Waals surface area contributed by atoms with Gasteiger partial charge in [-0.05, 0) is 50.3 Å². The number of nitrogens with one attached hydrogen (secondary N) is 1. The van der Waals surface area contributed by atoms with Crippen LogP contribution in [0.1, 0.15) is 61.8 Å². The molecule has 1 N–H and O–H groups in total. The van der Waals surface area contributed by atoms with Gasteiger partial charge in [-0.3, -0.25) is 4.79 Å². The number of nitrogens with zero attached hydrogens (tertiary/aromatic N) is 3. The van der Waals surface area contributed by atoms with Crippen molar-refractivity contribution in [3.63, 3.8) is 0 Å². The molecule has 170 valence electrons. The second-order valence-corrected chi connectivity index (χ2v) is 9.87. The standard InChI is InChI=1S/C24H30N4O4/c1-14-11-28(12-15(2)32-14)23-25-10-17-18(8-24(3,4)9-19(17)27-23)26-22(29)16-5-6-20-21(7-16)31-13-30-20/h5-7,10,14-15,18H,8-9,11-13H2,1-4H3,(H,26,29)/t14-,15+,18-/m0/s1. The molecular weight excluding hydrogens is 408 g/mol. The Morgan fingerprint density at radius 2 is 1.91 bits per heavy atom. The smallest absolute Gasteiger partial charge is 0.251 e. The Balaban J connectivity index is 1.39. The third-order valence-electron chi connectivity index (χ3n) is 6.31. The molecule has 1 aromatic heterocycles. The van der Waals surface area contributed by atoms with E-state index in [2.05, 4.69) is 42.9 Å². The first kappa shape index (κ1) is 21.0. The Kier molecular flexibility index (Phi) is 5.20. The number of hydrogen-bond acceptors (Lipinski definition) is 7. The van der Waals surface area contributed by atoms with E-state index in [9.17, 15) is 4.79 Å². The van der Waals surface area contributed by atoms with E-state index in [0.29, 0.717) is 17.1 Å². The van der Waals surface area contributed by atoms with Crippen molar-refractivity contribution in [1.29, 1.82) is 0 Å². The highest BCUT2D eigenvalue weighted by molar-refractivity contribution is 5.95. The van der Waals surface area contributed by atoms with Crippen LogP contribution in [0.25, 0.3) is 0 Å². The van der Waals surface area contributed by atoms with Gasteiger partial charge >= 0.3 is 0 Å². The van der Waals surface area contributed by atoms with Crippen LogP contribution >= 0.6 is 0 Å². The van der Waals surface area contributed by atoms with Gasteiger partial charge in [0.05, 0.1) is 23.9 Å². The van der Waals surface area contributed by atoms with Gasteiger partial charge in [0, 0.05) is 30.4 Å². The SMILES string of the molecule is C[C@@H]1CN(c2ncc3c(n2)CC(C)(C)C[C@@H]3NC(=O)c2ccc3c(c2)OCO3)C[C@H](C)O1. The van der Waals surface area contributed by atoms with Crippen LogP contribution in [0.4, 0.5) is 5.95 Å². The number of ether oxygens (including phenoxy) is 3. The van der Waals surface area contributed by atoms with Crippen LogP contribution in [0.3, 0.4) is 0 Å². The number of hydrogen-bond donors (Lipinski definition) is 1. The van der Waals surface area contributed by atoms with E-state index in [0.717, 1.165) is 43.1 Å². The molecule has 5 rings (SSSR count). The van der Waals surface area contributed by atoms with Crippen molar-refractivity contribution in [3.8, 4) is 11.5 Å². The van der Waals surface area contributed by atoms with E-state index in [4.69, 9.17) is 19.2 Å². The van der Waals surface area contributed by atoms with Gasteiger partial charge in [-0.2, -0.15) is 0 Å².